The van der Waals surface area contributed by atoms with E-state index in [0.29, 0.717) is 16.7 Å². The van der Waals surface area contributed by atoms with Crippen molar-refractivity contribution in [3.63, 3.8) is 0 Å². The molecule has 23 heavy (non-hydrogen) atoms. The van der Waals surface area contributed by atoms with Crippen molar-refractivity contribution in [3.05, 3.63) is 60.2 Å². The van der Waals surface area contributed by atoms with Crippen LogP contribution in [-0.4, -0.2) is 24.9 Å². The van der Waals surface area contributed by atoms with Gasteiger partial charge in [0, 0.05) is 17.6 Å². The maximum atomic E-state index is 11.4. The predicted octanol–water partition coefficient (Wildman–Crippen LogP) is 3.43. The van der Waals surface area contributed by atoms with Gasteiger partial charge < -0.3 is 4.42 Å². The van der Waals surface area contributed by atoms with E-state index in [0.717, 1.165) is 5.75 Å². The molecule has 1 aromatic heterocycles. The minimum atomic E-state index is -3.21. The maximum absolute atomic E-state index is 11.4. The average molecular weight is 346 g/mol. The Morgan fingerprint density at radius 3 is 2.35 bits per heavy atom. The Labute approximate surface area is 138 Å². The fourth-order valence-corrected chi connectivity index (χ4v) is 3.30. The van der Waals surface area contributed by atoms with E-state index < -0.39 is 9.84 Å². The third kappa shape index (κ3) is 4.00. The fourth-order valence-electron chi connectivity index (χ4n) is 1.95. The Kier molecular flexibility index (Phi) is 4.49. The topological polar surface area (TPSA) is 73.1 Å². The van der Waals surface area contributed by atoms with Gasteiger partial charge in [0.15, 0.2) is 9.84 Å². The van der Waals surface area contributed by atoms with Crippen LogP contribution in [0.2, 0.25) is 0 Å². The number of rotatable bonds is 5. The first-order valence-electron chi connectivity index (χ1n) is 6.83. The molecule has 0 radical (unpaired) electrons. The van der Waals surface area contributed by atoms with Crippen LogP contribution in [0, 0.1) is 0 Å². The van der Waals surface area contributed by atoms with Gasteiger partial charge in [0.05, 0.1) is 4.90 Å². The van der Waals surface area contributed by atoms with E-state index in [2.05, 4.69) is 10.2 Å². The van der Waals surface area contributed by atoms with Crippen molar-refractivity contribution in [2.45, 2.75) is 15.9 Å². The molecule has 118 valence electrons. The molecule has 0 aliphatic rings. The monoisotopic (exact) mass is 346 g/mol. The summed E-state index contributed by atoms with van der Waals surface area (Å²) in [6.07, 6.45) is 1.17. The molecule has 0 saturated heterocycles. The maximum Gasteiger partial charge on any atom is 0.277 e. The second kappa shape index (κ2) is 6.55. The summed E-state index contributed by atoms with van der Waals surface area (Å²) in [7, 11) is -3.21. The molecular weight excluding hydrogens is 332 g/mol. The van der Waals surface area contributed by atoms with Crippen molar-refractivity contribution in [2.24, 2.45) is 0 Å². The van der Waals surface area contributed by atoms with E-state index in [1.807, 2.05) is 30.3 Å². The molecule has 0 amide bonds. The summed E-state index contributed by atoms with van der Waals surface area (Å²) in [6.45, 7) is 0. The molecule has 0 fully saturated rings. The normalized spacial score (nSPS) is 11.5. The largest absolute Gasteiger partial charge is 0.411 e. The number of benzene rings is 2. The van der Waals surface area contributed by atoms with Crippen LogP contribution in [0.3, 0.4) is 0 Å². The zero-order valence-electron chi connectivity index (χ0n) is 12.3. The first-order valence-corrected chi connectivity index (χ1v) is 9.71. The lowest BCUT2D eigenvalue weighted by atomic mass is 10.2. The Morgan fingerprint density at radius 1 is 1.00 bits per heavy atom. The molecule has 0 aliphatic carbocycles. The highest BCUT2D eigenvalue weighted by molar-refractivity contribution is 7.98. The third-order valence-corrected chi connectivity index (χ3v) is 5.16. The quantitative estimate of drug-likeness (QED) is 0.659. The minimum Gasteiger partial charge on any atom is -0.411 e. The molecule has 2 aromatic carbocycles. The van der Waals surface area contributed by atoms with Crippen LogP contribution in [0.25, 0.3) is 11.5 Å². The van der Waals surface area contributed by atoms with Crippen molar-refractivity contribution >= 4 is 21.6 Å². The molecule has 0 atom stereocenters. The van der Waals surface area contributed by atoms with E-state index >= 15 is 0 Å². The van der Waals surface area contributed by atoms with Crippen LogP contribution in [0.5, 0.6) is 0 Å². The van der Waals surface area contributed by atoms with Gasteiger partial charge in [-0.15, -0.1) is 10.2 Å². The molecule has 0 aliphatic heterocycles. The van der Waals surface area contributed by atoms with Crippen molar-refractivity contribution in [1.82, 2.24) is 10.2 Å². The molecular formula is C16H14N2O3S2. The van der Waals surface area contributed by atoms with Crippen LogP contribution >= 0.6 is 11.8 Å². The van der Waals surface area contributed by atoms with Gasteiger partial charge in [0.2, 0.25) is 5.89 Å². The smallest absolute Gasteiger partial charge is 0.277 e. The lowest BCUT2D eigenvalue weighted by Gasteiger charge is -1.99. The summed E-state index contributed by atoms with van der Waals surface area (Å²) >= 11 is 1.46. The Hall–Kier alpha value is -2.12. The van der Waals surface area contributed by atoms with Gasteiger partial charge >= 0.3 is 0 Å². The van der Waals surface area contributed by atoms with E-state index in [1.54, 1.807) is 12.1 Å². The van der Waals surface area contributed by atoms with Crippen LogP contribution < -0.4 is 0 Å². The van der Waals surface area contributed by atoms with Crippen molar-refractivity contribution in [1.29, 1.82) is 0 Å². The summed E-state index contributed by atoms with van der Waals surface area (Å²) in [5.41, 5.74) is 1.87. The van der Waals surface area contributed by atoms with E-state index in [4.69, 9.17) is 4.42 Å². The zero-order chi connectivity index (χ0) is 16.3. The second-order valence-electron chi connectivity index (χ2n) is 4.94. The van der Waals surface area contributed by atoms with Gasteiger partial charge in [0.25, 0.3) is 5.22 Å². The molecule has 1 heterocycles. The summed E-state index contributed by atoms with van der Waals surface area (Å²) < 4.78 is 28.5. The van der Waals surface area contributed by atoms with E-state index in [-0.39, 0.29) is 4.90 Å². The number of nitrogens with zero attached hydrogens (tertiary/aromatic N) is 2. The van der Waals surface area contributed by atoms with Crippen LogP contribution in [0.4, 0.5) is 0 Å². The molecule has 3 rings (SSSR count). The van der Waals surface area contributed by atoms with Crippen LogP contribution in [0.15, 0.2) is 69.1 Å². The highest BCUT2D eigenvalue weighted by atomic mass is 32.2. The fraction of sp³-hybridized carbons (Fsp3) is 0.125. The lowest BCUT2D eigenvalue weighted by molar-refractivity contribution is 0.466. The van der Waals surface area contributed by atoms with Crippen LogP contribution in [0.1, 0.15) is 5.56 Å². The number of thioether (sulfide) groups is 1. The summed E-state index contributed by atoms with van der Waals surface area (Å²) in [4.78, 5) is 0.263. The number of aromatic nitrogens is 2. The molecule has 7 heteroatoms. The number of hydrogen-bond donors (Lipinski definition) is 0. The molecule has 0 spiro atoms. The number of hydrogen-bond acceptors (Lipinski definition) is 6. The Balaban J connectivity index is 1.71. The van der Waals surface area contributed by atoms with Gasteiger partial charge in [-0.05, 0) is 29.8 Å². The van der Waals surface area contributed by atoms with E-state index in [9.17, 15) is 8.42 Å². The van der Waals surface area contributed by atoms with Crippen LogP contribution in [-0.2, 0) is 15.6 Å². The standard InChI is InChI=1S/C16H14N2O3S2/c1-23(19,20)14-9-7-13(8-10-14)15-17-18-16(21-15)22-11-12-5-3-2-4-6-12/h2-10H,11H2,1H3. The highest BCUT2D eigenvalue weighted by Gasteiger charge is 2.11. The van der Waals surface area contributed by atoms with Gasteiger partial charge in [0.1, 0.15) is 0 Å². The highest BCUT2D eigenvalue weighted by Crippen LogP contribution is 2.26. The second-order valence-corrected chi connectivity index (χ2v) is 7.89. The summed E-state index contributed by atoms with van der Waals surface area (Å²) in [5, 5.41) is 8.49. The van der Waals surface area contributed by atoms with Gasteiger partial charge in [-0.25, -0.2) is 8.42 Å². The van der Waals surface area contributed by atoms with Gasteiger partial charge in [-0.3, -0.25) is 0 Å². The van der Waals surface area contributed by atoms with Gasteiger partial charge in [-0.2, -0.15) is 0 Å². The minimum absolute atomic E-state index is 0.263. The predicted molar refractivity (Wildman–Crippen MR) is 88.8 cm³/mol. The van der Waals surface area contributed by atoms with Crippen molar-refractivity contribution < 1.29 is 12.8 Å². The third-order valence-electron chi connectivity index (χ3n) is 3.14. The van der Waals surface area contributed by atoms with E-state index in [1.165, 1.54) is 35.7 Å². The summed E-state index contributed by atoms with van der Waals surface area (Å²) in [5.74, 6) is 1.12. The Morgan fingerprint density at radius 2 is 1.70 bits per heavy atom. The number of sulfone groups is 1. The zero-order valence-corrected chi connectivity index (χ0v) is 14.0. The molecule has 0 bridgehead atoms. The first-order chi connectivity index (χ1) is 11.0. The average Bonchev–Trinajstić information content (AvgIpc) is 3.02. The first kappa shape index (κ1) is 15.8. The SMILES string of the molecule is CS(=O)(=O)c1ccc(-c2nnc(SCc3ccccc3)o2)cc1. The van der Waals surface area contributed by atoms with Gasteiger partial charge in [-0.1, -0.05) is 42.1 Å². The molecule has 0 saturated carbocycles. The summed E-state index contributed by atoms with van der Waals surface area (Å²) in [6, 6.07) is 16.4. The molecule has 3 aromatic rings. The molecule has 5 nitrogen and oxygen atoms in total. The van der Waals surface area contributed by atoms with Crippen molar-refractivity contribution in [2.75, 3.05) is 6.26 Å². The Bertz CT molecular complexity index is 889. The molecule has 0 N–H and O–H groups in total. The van der Waals surface area contributed by atoms with Crippen molar-refractivity contribution in [3.8, 4) is 11.5 Å². The lowest BCUT2D eigenvalue weighted by Crippen LogP contribution is -1.96. The molecule has 0 unspecified atom stereocenters.